The van der Waals surface area contributed by atoms with Crippen LogP contribution in [0.5, 0.6) is 5.75 Å². The van der Waals surface area contributed by atoms with E-state index in [1.165, 1.54) is 0 Å². The van der Waals surface area contributed by atoms with Gasteiger partial charge in [0.25, 0.3) is 0 Å². The van der Waals surface area contributed by atoms with Gasteiger partial charge in [-0.25, -0.2) is 13.1 Å². The fraction of sp³-hybridized carbons (Fsp3) is 0.368. The Morgan fingerprint density at radius 1 is 0.962 bits per heavy atom. The van der Waals surface area contributed by atoms with Crippen LogP contribution in [0.1, 0.15) is 0 Å². The van der Waals surface area contributed by atoms with E-state index in [1.807, 2.05) is 18.2 Å². The van der Waals surface area contributed by atoms with Gasteiger partial charge in [0.1, 0.15) is 5.75 Å². The summed E-state index contributed by atoms with van der Waals surface area (Å²) in [6.45, 7) is 4.69. The molecule has 6 nitrogen and oxygen atoms in total. The topological polar surface area (TPSA) is 61.9 Å². The summed E-state index contributed by atoms with van der Waals surface area (Å²) in [4.78, 5) is 4.89. The number of nitrogens with zero attached hydrogens (tertiary/aromatic N) is 2. The van der Waals surface area contributed by atoms with Crippen molar-refractivity contribution in [2.24, 2.45) is 0 Å². The van der Waals surface area contributed by atoms with E-state index < -0.39 is 10.0 Å². The minimum Gasteiger partial charge on any atom is -0.495 e. The second-order valence-electron chi connectivity index (χ2n) is 6.21. The summed E-state index contributed by atoms with van der Waals surface area (Å²) >= 11 is 0. The third kappa shape index (κ3) is 4.55. The number of sulfonamides is 1. The first-order valence-electron chi connectivity index (χ1n) is 8.75. The predicted molar refractivity (Wildman–Crippen MR) is 103 cm³/mol. The Morgan fingerprint density at radius 3 is 2.31 bits per heavy atom. The molecule has 0 radical (unpaired) electrons. The number of benzene rings is 2. The van der Waals surface area contributed by atoms with Crippen LogP contribution in [0, 0.1) is 0 Å². The summed E-state index contributed by atoms with van der Waals surface area (Å²) < 4.78 is 32.6. The van der Waals surface area contributed by atoms with Crippen LogP contribution in [0.4, 0.5) is 5.69 Å². The summed E-state index contributed by atoms with van der Waals surface area (Å²) in [7, 11) is -1.74. The van der Waals surface area contributed by atoms with Gasteiger partial charge >= 0.3 is 0 Å². The van der Waals surface area contributed by atoms with Gasteiger partial charge in [-0.2, -0.15) is 0 Å². The van der Waals surface area contributed by atoms with Gasteiger partial charge in [0.2, 0.25) is 10.0 Å². The minimum atomic E-state index is -3.43. The zero-order valence-corrected chi connectivity index (χ0v) is 15.8. The highest BCUT2D eigenvalue weighted by molar-refractivity contribution is 7.89. The molecule has 2 aromatic rings. The molecule has 2 aromatic carbocycles. The molecule has 7 heteroatoms. The van der Waals surface area contributed by atoms with Crippen molar-refractivity contribution in [3.8, 4) is 5.75 Å². The van der Waals surface area contributed by atoms with E-state index in [2.05, 4.69) is 20.6 Å². The van der Waals surface area contributed by atoms with Crippen LogP contribution in [0.3, 0.4) is 0 Å². The lowest BCUT2D eigenvalue weighted by atomic mass is 10.2. The largest absolute Gasteiger partial charge is 0.495 e. The van der Waals surface area contributed by atoms with Gasteiger partial charge in [0, 0.05) is 39.3 Å². The first kappa shape index (κ1) is 18.7. The Morgan fingerprint density at radius 2 is 1.62 bits per heavy atom. The lowest BCUT2D eigenvalue weighted by Gasteiger charge is -2.36. The number of ether oxygens (including phenoxy) is 1. The first-order valence-corrected chi connectivity index (χ1v) is 10.2. The molecule has 0 atom stereocenters. The smallest absolute Gasteiger partial charge is 0.240 e. The van der Waals surface area contributed by atoms with Crippen molar-refractivity contribution in [1.29, 1.82) is 0 Å². The average Bonchev–Trinajstić information content (AvgIpc) is 2.69. The lowest BCUT2D eigenvalue weighted by Crippen LogP contribution is -2.48. The van der Waals surface area contributed by atoms with Crippen LogP contribution >= 0.6 is 0 Å². The van der Waals surface area contributed by atoms with Crippen molar-refractivity contribution in [1.82, 2.24) is 9.62 Å². The lowest BCUT2D eigenvalue weighted by molar-refractivity contribution is 0.261. The molecule has 140 valence electrons. The SMILES string of the molecule is COc1ccccc1N1CCN(CCNS(=O)(=O)c2ccccc2)CC1. The van der Waals surface area contributed by atoms with E-state index in [0.717, 1.165) is 37.6 Å². The number of hydrogen-bond acceptors (Lipinski definition) is 5. The molecule has 1 aliphatic heterocycles. The molecule has 3 rings (SSSR count). The van der Waals surface area contributed by atoms with Gasteiger partial charge in [-0.3, -0.25) is 4.90 Å². The van der Waals surface area contributed by atoms with Crippen molar-refractivity contribution in [2.45, 2.75) is 4.90 Å². The quantitative estimate of drug-likeness (QED) is 0.800. The van der Waals surface area contributed by atoms with Crippen molar-refractivity contribution >= 4 is 15.7 Å². The highest BCUT2D eigenvalue weighted by atomic mass is 32.2. The maximum absolute atomic E-state index is 12.2. The highest BCUT2D eigenvalue weighted by Gasteiger charge is 2.20. The van der Waals surface area contributed by atoms with Crippen LogP contribution in [0.15, 0.2) is 59.5 Å². The number of methoxy groups -OCH3 is 1. The zero-order valence-electron chi connectivity index (χ0n) is 15.0. The number of rotatable bonds is 7. The van der Waals surface area contributed by atoms with Crippen LogP contribution in [-0.2, 0) is 10.0 Å². The summed E-state index contributed by atoms with van der Waals surface area (Å²) in [6.07, 6.45) is 0. The second-order valence-corrected chi connectivity index (χ2v) is 7.98. The molecule has 0 spiro atoms. The summed E-state index contributed by atoms with van der Waals surface area (Å²) in [6, 6.07) is 16.5. The van der Waals surface area contributed by atoms with Gasteiger partial charge in [-0.15, -0.1) is 0 Å². The van der Waals surface area contributed by atoms with Gasteiger partial charge in [0.15, 0.2) is 0 Å². The molecular formula is C19H25N3O3S. The Labute approximate surface area is 155 Å². The molecule has 1 fully saturated rings. The maximum Gasteiger partial charge on any atom is 0.240 e. The summed E-state index contributed by atoms with van der Waals surface area (Å²) in [5.41, 5.74) is 1.11. The van der Waals surface area contributed by atoms with Gasteiger partial charge in [-0.1, -0.05) is 30.3 Å². The van der Waals surface area contributed by atoms with Gasteiger partial charge in [0.05, 0.1) is 17.7 Å². The third-order valence-corrected chi connectivity index (χ3v) is 6.05. The van der Waals surface area contributed by atoms with Gasteiger partial charge in [-0.05, 0) is 24.3 Å². The molecule has 1 aliphatic rings. The number of piperazine rings is 1. The first-order chi connectivity index (χ1) is 12.6. The number of para-hydroxylation sites is 2. The standard InChI is InChI=1S/C19H25N3O3S/c1-25-19-10-6-5-9-18(19)22-15-13-21(14-16-22)12-11-20-26(23,24)17-7-3-2-4-8-17/h2-10,20H,11-16H2,1H3. The van der Waals surface area contributed by atoms with E-state index in [9.17, 15) is 8.42 Å². The van der Waals surface area contributed by atoms with Crippen molar-refractivity contribution in [2.75, 3.05) is 51.3 Å². The Bertz CT molecular complexity index is 804. The van der Waals surface area contributed by atoms with E-state index in [-0.39, 0.29) is 0 Å². The van der Waals surface area contributed by atoms with Crippen LogP contribution < -0.4 is 14.4 Å². The number of nitrogens with one attached hydrogen (secondary N) is 1. The Balaban J connectivity index is 1.47. The molecular weight excluding hydrogens is 350 g/mol. The Hall–Kier alpha value is -2.09. The second kappa shape index (κ2) is 8.53. The third-order valence-electron chi connectivity index (χ3n) is 4.57. The normalized spacial score (nSPS) is 15.8. The molecule has 0 saturated carbocycles. The van der Waals surface area contributed by atoms with E-state index in [0.29, 0.717) is 18.0 Å². The molecule has 0 aliphatic carbocycles. The van der Waals surface area contributed by atoms with Gasteiger partial charge < -0.3 is 9.64 Å². The molecule has 1 heterocycles. The zero-order chi connectivity index (χ0) is 18.4. The number of hydrogen-bond donors (Lipinski definition) is 1. The molecule has 0 aromatic heterocycles. The average molecular weight is 375 g/mol. The predicted octanol–water partition coefficient (Wildman–Crippen LogP) is 1.80. The van der Waals surface area contributed by atoms with Crippen LogP contribution in [0.25, 0.3) is 0 Å². The van der Waals surface area contributed by atoms with E-state index >= 15 is 0 Å². The monoisotopic (exact) mass is 375 g/mol. The van der Waals surface area contributed by atoms with Crippen LogP contribution in [0.2, 0.25) is 0 Å². The molecule has 1 N–H and O–H groups in total. The summed E-state index contributed by atoms with van der Waals surface area (Å²) in [5.74, 6) is 0.886. The highest BCUT2D eigenvalue weighted by Crippen LogP contribution is 2.28. The van der Waals surface area contributed by atoms with E-state index in [4.69, 9.17) is 4.74 Å². The van der Waals surface area contributed by atoms with Crippen molar-refractivity contribution in [3.05, 3.63) is 54.6 Å². The maximum atomic E-state index is 12.2. The fourth-order valence-electron chi connectivity index (χ4n) is 3.12. The fourth-order valence-corrected chi connectivity index (χ4v) is 4.17. The number of anilines is 1. The molecule has 26 heavy (non-hydrogen) atoms. The van der Waals surface area contributed by atoms with Crippen molar-refractivity contribution < 1.29 is 13.2 Å². The molecule has 0 amide bonds. The van der Waals surface area contributed by atoms with Crippen LogP contribution in [-0.4, -0.2) is 59.7 Å². The summed E-state index contributed by atoms with van der Waals surface area (Å²) in [5, 5.41) is 0. The van der Waals surface area contributed by atoms with E-state index in [1.54, 1.807) is 37.4 Å². The minimum absolute atomic E-state index is 0.306. The molecule has 0 bridgehead atoms. The van der Waals surface area contributed by atoms with Crippen molar-refractivity contribution in [3.63, 3.8) is 0 Å². The molecule has 0 unspecified atom stereocenters. The Kier molecular flexibility index (Phi) is 6.13. The molecule has 1 saturated heterocycles.